The van der Waals surface area contributed by atoms with E-state index in [1.807, 2.05) is 0 Å². The normalized spacial score (nSPS) is 21.2. The zero-order chi connectivity index (χ0) is 13.1. The summed E-state index contributed by atoms with van der Waals surface area (Å²) in [6.45, 7) is 6.61. The Labute approximate surface area is 112 Å². The average Bonchev–Trinajstić information content (AvgIpc) is 2.79. The highest BCUT2D eigenvalue weighted by Gasteiger charge is 2.32. The van der Waals surface area contributed by atoms with Crippen LogP contribution in [0.4, 0.5) is 11.5 Å². The van der Waals surface area contributed by atoms with Gasteiger partial charge in [0.25, 0.3) is 0 Å². The third kappa shape index (κ3) is 1.30. The van der Waals surface area contributed by atoms with Crippen LogP contribution in [0, 0.1) is 0 Å². The number of hydrogen-bond acceptors (Lipinski definition) is 4. The number of nitrogen functional groups attached to an aromatic ring is 1. The summed E-state index contributed by atoms with van der Waals surface area (Å²) in [6, 6.07) is 0.459. The molecule has 2 N–H and O–H groups in total. The van der Waals surface area contributed by atoms with Gasteiger partial charge in [0.05, 0.1) is 22.9 Å². The smallest absolute Gasteiger partial charge is 0.152 e. The van der Waals surface area contributed by atoms with E-state index in [-0.39, 0.29) is 0 Å². The first-order valence-corrected chi connectivity index (χ1v) is 7.14. The topological polar surface area (TPSA) is 60.0 Å². The van der Waals surface area contributed by atoms with Crippen LogP contribution in [0.1, 0.15) is 37.8 Å². The first-order valence-electron chi connectivity index (χ1n) is 7.14. The van der Waals surface area contributed by atoms with Crippen molar-refractivity contribution in [2.45, 2.75) is 39.2 Å². The summed E-state index contributed by atoms with van der Waals surface area (Å²) in [5.74, 6) is 1.73. The second-order valence-corrected chi connectivity index (χ2v) is 5.64. The Kier molecular flexibility index (Phi) is 2.11. The van der Waals surface area contributed by atoms with E-state index in [9.17, 15) is 0 Å². The monoisotopic (exact) mass is 257 g/mol. The van der Waals surface area contributed by atoms with Gasteiger partial charge in [-0.05, 0) is 19.8 Å². The minimum atomic E-state index is 0.459. The second-order valence-electron chi connectivity index (χ2n) is 5.64. The number of anilines is 2. The molecular formula is C14H19N5. The lowest BCUT2D eigenvalue weighted by Gasteiger charge is -2.38. The van der Waals surface area contributed by atoms with Gasteiger partial charge in [-0.25, -0.2) is 9.97 Å². The fourth-order valence-electron chi connectivity index (χ4n) is 3.63. The van der Waals surface area contributed by atoms with Crippen molar-refractivity contribution in [3.63, 3.8) is 0 Å². The van der Waals surface area contributed by atoms with E-state index >= 15 is 0 Å². The summed E-state index contributed by atoms with van der Waals surface area (Å²) in [5, 5.41) is 0. The van der Waals surface area contributed by atoms with Gasteiger partial charge >= 0.3 is 0 Å². The summed E-state index contributed by atoms with van der Waals surface area (Å²) >= 11 is 0. The molecule has 4 heterocycles. The summed E-state index contributed by atoms with van der Waals surface area (Å²) in [7, 11) is 0. The molecule has 2 aliphatic rings. The van der Waals surface area contributed by atoms with E-state index in [1.54, 1.807) is 0 Å². The number of rotatable bonds is 1. The Morgan fingerprint density at radius 1 is 1.37 bits per heavy atom. The second kappa shape index (κ2) is 3.62. The molecule has 0 saturated carbocycles. The van der Waals surface area contributed by atoms with Gasteiger partial charge in [-0.15, -0.1) is 0 Å². The maximum Gasteiger partial charge on any atom is 0.152 e. The zero-order valence-electron chi connectivity index (χ0n) is 11.5. The third-order valence-corrected chi connectivity index (χ3v) is 4.38. The number of pyridine rings is 1. The standard InChI is InChI=1S/C14H19N5/c1-3-10-17-11-13-12-9(16-14(11)15)5-4-6-18(12)7-8(2)19(10)13/h8H,3-7H2,1-2H3,(H2,15,16)/t8-/m1/s1. The molecular weight excluding hydrogens is 238 g/mol. The van der Waals surface area contributed by atoms with E-state index in [0.717, 1.165) is 43.0 Å². The van der Waals surface area contributed by atoms with Gasteiger partial charge in [0.2, 0.25) is 0 Å². The quantitative estimate of drug-likeness (QED) is 0.847. The van der Waals surface area contributed by atoms with Crippen molar-refractivity contribution in [2.24, 2.45) is 0 Å². The maximum atomic E-state index is 6.13. The van der Waals surface area contributed by atoms with Crippen LogP contribution in [0.15, 0.2) is 0 Å². The first kappa shape index (κ1) is 11.1. The number of aromatic nitrogens is 3. The van der Waals surface area contributed by atoms with Crippen LogP contribution in [0.3, 0.4) is 0 Å². The van der Waals surface area contributed by atoms with Crippen molar-refractivity contribution >= 4 is 22.5 Å². The van der Waals surface area contributed by atoms with Crippen LogP contribution in [0.25, 0.3) is 11.0 Å². The van der Waals surface area contributed by atoms with Gasteiger partial charge in [0.1, 0.15) is 11.3 Å². The molecule has 0 amide bonds. The summed E-state index contributed by atoms with van der Waals surface area (Å²) < 4.78 is 2.38. The van der Waals surface area contributed by atoms with Crippen molar-refractivity contribution in [1.29, 1.82) is 0 Å². The Hall–Kier alpha value is -1.78. The molecule has 4 rings (SSSR count). The fraction of sp³-hybridized carbons (Fsp3) is 0.571. The van der Waals surface area contributed by atoms with Gasteiger partial charge in [0, 0.05) is 19.5 Å². The van der Waals surface area contributed by atoms with Crippen LogP contribution >= 0.6 is 0 Å². The lowest BCUT2D eigenvalue weighted by Crippen LogP contribution is -2.38. The highest BCUT2D eigenvalue weighted by molar-refractivity contribution is 5.97. The first-order chi connectivity index (χ1) is 9.20. The van der Waals surface area contributed by atoms with Crippen LogP contribution in [0.5, 0.6) is 0 Å². The average molecular weight is 257 g/mol. The third-order valence-electron chi connectivity index (χ3n) is 4.38. The van der Waals surface area contributed by atoms with E-state index in [2.05, 4.69) is 28.3 Å². The molecule has 0 spiro atoms. The summed E-state index contributed by atoms with van der Waals surface area (Å²) in [4.78, 5) is 11.8. The number of aryl methyl sites for hydroxylation is 2. The van der Waals surface area contributed by atoms with Gasteiger partial charge < -0.3 is 15.2 Å². The predicted molar refractivity (Wildman–Crippen MR) is 76.6 cm³/mol. The molecule has 0 radical (unpaired) electrons. The van der Waals surface area contributed by atoms with Crippen LogP contribution in [-0.2, 0) is 12.8 Å². The Bertz CT molecular complexity index is 672. The van der Waals surface area contributed by atoms with Crippen LogP contribution in [-0.4, -0.2) is 27.6 Å². The van der Waals surface area contributed by atoms with Crippen molar-refractivity contribution in [3.8, 4) is 0 Å². The lowest BCUT2D eigenvalue weighted by atomic mass is 10.0. The van der Waals surface area contributed by atoms with Crippen molar-refractivity contribution in [3.05, 3.63) is 11.5 Å². The van der Waals surface area contributed by atoms with Crippen molar-refractivity contribution in [1.82, 2.24) is 14.5 Å². The lowest BCUT2D eigenvalue weighted by molar-refractivity contribution is 0.497. The molecule has 100 valence electrons. The van der Waals surface area contributed by atoms with Crippen LogP contribution < -0.4 is 10.6 Å². The van der Waals surface area contributed by atoms with Gasteiger partial charge in [-0.3, -0.25) is 0 Å². The van der Waals surface area contributed by atoms with E-state index in [4.69, 9.17) is 10.7 Å². The molecule has 2 aromatic heterocycles. The predicted octanol–water partition coefficient (Wildman–Crippen LogP) is 1.90. The molecule has 0 aromatic carbocycles. The molecule has 5 nitrogen and oxygen atoms in total. The number of nitrogens with zero attached hydrogens (tertiary/aromatic N) is 4. The molecule has 1 atom stereocenters. The summed E-state index contributed by atoms with van der Waals surface area (Å²) in [6.07, 6.45) is 3.15. The van der Waals surface area contributed by atoms with Gasteiger partial charge in [0.15, 0.2) is 5.82 Å². The molecule has 0 saturated heterocycles. The maximum absolute atomic E-state index is 6.13. The molecule has 19 heavy (non-hydrogen) atoms. The van der Waals surface area contributed by atoms with Gasteiger partial charge in [-0.2, -0.15) is 0 Å². The molecule has 0 fully saturated rings. The SMILES string of the molecule is CCc1nc2c(N)nc3c4c2n1[C@H](C)CN4CCC3. The highest BCUT2D eigenvalue weighted by atomic mass is 15.3. The van der Waals surface area contributed by atoms with Crippen molar-refractivity contribution in [2.75, 3.05) is 23.7 Å². The molecule has 0 aliphatic carbocycles. The molecule has 5 heteroatoms. The number of imidazole rings is 1. The Morgan fingerprint density at radius 3 is 3.00 bits per heavy atom. The number of nitrogens with two attached hydrogens (primary N) is 1. The molecule has 2 aromatic rings. The summed E-state index contributed by atoms with van der Waals surface area (Å²) in [5.41, 5.74) is 10.7. The fourth-order valence-corrected chi connectivity index (χ4v) is 3.63. The van der Waals surface area contributed by atoms with Gasteiger partial charge in [-0.1, -0.05) is 6.92 Å². The molecule has 2 aliphatic heterocycles. The van der Waals surface area contributed by atoms with E-state index in [0.29, 0.717) is 11.9 Å². The number of hydrogen-bond donors (Lipinski definition) is 1. The Balaban J connectivity index is 2.17. The Morgan fingerprint density at radius 2 is 2.21 bits per heavy atom. The van der Waals surface area contributed by atoms with E-state index in [1.165, 1.54) is 17.6 Å². The minimum Gasteiger partial charge on any atom is -0.382 e. The van der Waals surface area contributed by atoms with E-state index < -0.39 is 0 Å². The highest BCUT2D eigenvalue weighted by Crippen LogP contribution is 2.41. The zero-order valence-corrected chi connectivity index (χ0v) is 11.5. The molecule has 0 bridgehead atoms. The molecule has 0 unspecified atom stereocenters. The minimum absolute atomic E-state index is 0.459. The largest absolute Gasteiger partial charge is 0.382 e. The van der Waals surface area contributed by atoms with Crippen molar-refractivity contribution < 1.29 is 0 Å². The van der Waals surface area contributed by atoms with Crippen LogP contribution in [0.2, 0.25) is 0 Å².